The van der Waals surface area contributed by atoms with E-state index < -0.39 is 0 Å². The fourth-order valence-electron chi connectivity index (χ4n) is 2.29. The van der Waals surface area contributed by atoms with Gasteiger partial charge in [-0.2, -0.15) is 5.26 Å². The van der Waals surface area contributed by atoms with Gasteiger partial charge in [0.15, 0.2) is 0 Å². The Balaban J connectivity index is 1.83. The fourth-order valence-corrected chi connectivity index (χ4v) is 2.29. The van der Waals surface area contributed by atoms with Gasteiger partial charge in [0.05, 0.1) is 17.8 Å². The van der Waals surface area contributed by atoms with Crippen LogP contribution in [-0.2, 0) is 19.4 Å². The van der Waals surface area contributed by atoms with Crippen LogP contribution in [-0.4, -0.2) is 15.0 Å². The second kappa shape index (κ2) is 5.02. The summed E-state index contributed by atoms with van der Waals surface area (Å²) in [7, 11) is 0. The molecule has 2 aromatic rings. The number of fused-ring (bicyclic) bond motifs is 1. The largest absolute Gasteiger partial charge is 0.363 e. The topological polar surface area (TPSA) is 74.5 Å². The molecule has 0 aromatic carbocycles. The van der Waals surface area contributed by atoms with Crippen molar-refractivity contribution in [2.75, 3.05) is 5.32 Å². The molecule has 0 spiro atoms. The number of hydrogen-bond donors (Lipinski definition) is 1. The zero-order valence-corrected chi connectivity index (χ0v) is 10.4. The van der Waals surface area contributed by atoms with Gasteiger partial charge in [0, 0.05) is 11.9 Å². The number of anilines is 1. The third-order valence-corrected chi connectivity index (χ3v) is 3.25. The van der Waals surface area contributed by atoms with E-state index in [1.54, 1.807) is 6.20 Å². The van der Waals surface area contributed by atoms with Gasteiger partial charge in [0.2, 0.25) is 0 Å². The molecule has 1 N–H and O–H groups in total. The van der Waals surface area contributed by atoms with Crippen molar-refractivity contribution in [2.24, 2.45) is 0 Å². The first-order chi connectivity index (χ1) is 9.36. The number of pyridine rings is 1. The van der Waals surface area contributed by atoms with E-state index in [9.17, 15) is 5.26 Å². The minimum absolute atomic E-state index is 0.545. The molecule has 0 amide bonds. The van der Waals surface area contributed by atoms with E-state index >= 15 is 0 Å². The summed E-state index contributed by atoms with van der Waals surface area (Å²) < 4.78 is 0. The summed E-state index contributed by atoms with van der Waals surface area (Å²) >= 11 is 0. The summed E-state index contributed by atoms with van der Waals surface area (Å²) in [4.78, 5) is 12.6. The summed E-state index contributed by atoms with van der Waals surface area (Å²) in [6.07, 6.45) is 6.37. The Morgan fingerprint density at radius 1 is 1.37 bits per heavy atom. The lowest BCUT2D eigenvalue weighted by molar-refractivity contribution is 0.898. The van der Waals surface area contributed by atoms with Gasteiger partial charge in [-0.05, 0) is 37.0 Å². The molecule has 0 unspecified atom stereocenters. The Labute approximate surface area is 111 Å². The van der Waals surface area contributed by atoms with Gasteiger partial charge in [0.1, 0.15) is 18.2 Å². The van der Waals surface area contributed by atoms with Crippen LogP contribution >= 0.6 is 0 Å². The quantitative estimate of drug-likeness (QED) is 0.901. The summed E-state index contributed by atoms with van der Waals surface area (Å²) in [6.45, 7) is 0.545. The smallest absolute Gasteiger partial charge is 0.144 e. The highest BCUT2D eigenvalue weighted by atomic mass is 15.0. The van der Waals surface area contributed by atoms with Gasteiger partial charge in [-0.1, -0.05) is 0 Å². The van der Waals surface area contributed by atoms with Crippen molar-refractivity contribution in [3.8, 4) is 6.07 Å². The Morgan fingerprint density at radius 2 is 2.32 bits per heavy atom. The van der Waals surface area contributed by atoms with E-state index in [-0.39, 0.29) is 0 Å². The van der Waals surface area contributed by atoms with E-state index in [1.165, 1.54) is 11.9 Å². The maximum Gasteiger partial charge on any atom is 0.144 e. The molecule has 19 heavy (non-hydrogen) atoms. The number of hydrogen-bond acceptors (Lipinski definition) is 5. The van der Waals surface area contributed by atoms with E-state index in [2.05, 4.69) is 26.3 Å². The summed E-state index contributed by atoms with van der Waals surface area (Å²) in [5.74, 6) is 0.654. The van der Waals surface area contributed by atoms with Crippen LogP contribution in [0.1, 0.15) is 28.9 Å². The van der Waals surface area contributed by atoms with Gasteiger partial charge in [-0.3, -0.25) is 0 Å². The molecule has 2 aromatic heterocycles. The first-order valence-electron chi connectivity index (χ1n) is 6.28. The average Bonchev–Trinajstić information content (AvgIpc) is 2.92. The number of aromatic nitrogens is 3. The Bertz CT molecular complexity index is 630. The second-order valence-electron chi connectivity index (χ2n) is 4.51. The Kier molecular flexibility index (Phi) is 3.07. The molecule has 0 radical (unpaired) electrons. The van der Waals surface area contributed by atoms with Crippen molar-refractivity contribution in [1.29, 1.82) is 5.26 Å². The van der Waals surface area contributed by atoms with Crippen molar-refractivity contribution in [1.82, 2.24) is 15.0 Å². The van der Waals surface area contributed by atoms with E-state index in [1.807, 2.05) is 12.1 Å². The molecule has 94 valence electrons. The van der Waals surface area contributed by atoms with Gasteiger partial charge in [0.25, 0.3) is 0 Å². The molecule has 1 aliphatic carbocycles. The molecule has 0 saturated heterocycles. The number of aryl methyl sites for hydroxylation is 2. The highest BCUT2D eigenvalue weighted by molar-refractivity contribution is 5.55. The first-order valence-corrected chi connectivity index (χ1v) is 6.28. The zero-order valence-electron chi connectivity index (χ0n) is 10.4. The SMILES string of the molecule is N#Cc1cc2c(nc1NCc1ccncn1)CCC2. The molecule has 0 bridgehead atoms. The van der Waals surface area contributed by atoms with Crippen molar-refractivity contribution >= 4 is 5.82 Å². The van der Waals surface area contributed by atoms with E-state index in [0.717, 1.165) is 30.7 Å². The molecule has 1 aliphatic rings. The first kappa shape index (κ1) is 11.6. The van der Waals surface area contributed by atoms with Gasteiger partial charge in [-0.25, -0.2) is 15.0 Å². The molecule has 5 heteroatoms. The molecule has 0 aliphatic heterocycles. The van der Waals surface area contributed by atoms with Crippen molar-refractivity contribution < 1.29 is 0 Å². The van der Waals surface area contributed by atoms with Gasteiger partial charge in [-0.15, -0.1) is 0 Å². The molecular weight excluding hydrogens is 238 g/mol. The van der Waals surface area contributed by atoms with Gasteiger partial charge < -0.3 is 5.32 Å². The monoisotopic (exact) mass is 251 g/mol. The maximum atomic E-state index is 9.19. The van der Waals surface area contributed by atoms with Crippen LogP contribution in [0, 0.1) is 11.3 Å². The minimum atomic E-state index is 0.545. The van der Waals surface area contributed by atoms with Crippen LogP contribution < -0.4 is 5.32 Å². The summed E-state index contributed by atoms with van der Waals surface area (Å²) in [6, 6.07) is 6.00. The lowest BCUT2D eigenvalue weighted by Crippen LogP contribution is -2.06. The van der Waals surface area contributed by atoms with E-state index in [4.69, 9.17) is 0 Å². The van der Waals surface area contributed by atoms with Crippen LogP contribution in [0.2, 0.25) is 0 Å². The lowest BCUT2D eigenvalue weighted by atomic mass is 10.1. The predicted octanol–water partition coefficient (Wildman–Crippen LogP) is 1.84. The van der Waals surface area contributed by atoms with Crippen LogP contribution in [0.5, 0.6) is 0 Å². The molecule has 0 saturated carbocycles. The number of rotatable bonds is 3. The number of nitrogens with zero attached hydrogens (tertiary/aromatic N) is 4. The summed E-state index contributed by atoms with van der Waals surface area (Å²) in [5, 5.41) is 12.4. The maximum absolute atomic E-state index is 9.19. The van der Waals surface area contributed by atoms with Gasteiger partial charge >= 0.3 is 0 Å². The average molecular weight is 251 g/mol. The van der Waals surface area contributed by atoms with E-state index in [0.29, 0.717) is 17.9 Å². The molecule has 0 atom stereocenters. The van der Waals surface area contributed by atoms with Crippen molar-refractivity contribution in [3.05, 3.63) is 47.2 Å². The molecule has 0 fully saturated rings. The molecule has 2 heterocycles. The molecule has 5 nitrogen and oxygen atoms in total. The number of nitriles is 1. The lowest BCUT2D eigenvalue weighted by Gasteiger charge is -2.09. The van der Waals surface area contributed by atoms with Crippen LogP contribution in [0.25, 0.3) is 0 Å². The van der Waals surface area contributed by atoms with Crippen molar-refractivity contribution in [3.63, 3.8) is 0 Å². The molecular formula is C14H13N5. The Morgan fingerprint density at radius 3 is 3.11 bits per heavy atom. The Hall–Kier alpha value is -2.48. The standard InChI is InChI=1S/C14H13N5/c15-7-11-6-10-2-1-3-13(10)19-14(11)17-8-12-4-5-16-9-18-12/h4-6,9H,1-3,8H2,(H,17,19). The highest BCUT2D eigenvalue weighted by Crippen LogP contribution is 2.25. The van der Waals surface area contributed by atoms with Crippen LogP contribution in [0.4, 0.5) is 5.82 Å². The predicted molar refractivity (Wildman–Crippen MR) is 70.3 cm³/mol. The second-order valence-corrected chi connectivity index (χ2v) is 4.51. The zero-order chi connectivity index (χ0) is 13.1. The minimum Gasteiger partial charge on any atom is -0.363 e. The fraction of sp³-hybridized carbons (Fsp3) is 0.286. The normalized spacial score (nSPS) is 12.8. The third-order valence-electron chi connectivity index (χ3n) is 3.25. The molecule has 3 rings (SSSR count). The third kappa shape index (κ3) is 2.38. The highest BCUT2D eigenvalue weighted by Gasteiger charge is 2.16. The number of nitrogens with one attached hydrogen (secondary N) is 1. The summed E-state index contributed by atoms with van der Waals surface area (Å²) in [5.41, 5.74) is 3.81. The van der Waals surface area contributed by atoms with Crippen LogP contribution in [0.15, 0.2) is 24.7 Å². The van der Waals surface area contributed by atoms with Crippen molar-refractivity contribution in [2.45, 2.75) is 25.8 Å². The van der Waals surface area contributed by atoms with Crippen LogP contribution in [0.3, 0.4) is 0 Å².